The number of amides is 1. The van der Waals surface area contributed by atoms with Crippen molar-refractivity contribution in [2.45, 2.75) is 64.0 Å². The molecule has 3 aromatic rings. The van der Waals surface area contributed by atoms with Gasteiger partial charge in [0.2, 0.25) is 5.78 Å². The standard InChI is InChI=1S/C23H27NO5.C17H18N2O6/c1-27-19-12-8-16(9-13-19)21(25)22(17-10-14-20(28-2)15-11-17)29-23(26)24-18-6-4-3-5-7-18;1-9-13(16(20)24-3)15(14(10(2)18-9)17(21)25-4)11-7-5-6-8-12(11)19(22)23/h8-15,18,22H,3-7H2,1-2H3,(H,24,26);5-8,15,18H,1-4H3. The zero-order chi connectivity index (χ0) is 39.4. The van der Waals surface area contributed by atoms with E-state index >= 15 is 0 Å². The fraction of sp³-hybridized carbons (Fsp3) is 0.350. The van der Waals surface area contributed by atoms with Crippen molar-refractivity contribution in [2.24, 2.45) is 0 Å². The molecule has 54 heavy (non-hydrogen) atoms. The van der Waals surface area contributed by atoms with Crippen molar-refractivity contribution in [1.82, 2.24) is 10.6 Å². The van der Waals surface area contributed by atoms with Gasteiger partial charge in [-0.25, -0.2) is 14.4 Å². The quantitative estimate of drug-likeness (QED) is 0.0685. The van der Waals surface area contributed by atoms with E-state index in [9.17, 15) is 29.3 Å². The monoisotopic (exact) mass is 743 g/mol. The Morgan fingerprint density at radius 3 is 1.78 bits per heavy atom. The third-order valence-corrected chi connectivity index (χ3v) is 9.20. The van der Waals surface area contributed by atoms with Crippen LogP contribution in [-0.2, 0) is 23.8 Å². The van der Waals surface area contributed by atoms with Gasteiger partial charge in [-0.1, -0.05) is 49.6 Å². The van der Waals surface area contributed by atoms with Gasteiger partial charge < -0.3 is 34.3 Å². The van der Waals surface area contributed by atoms with Crippen LogP contribution in [0.2, 0.25) is 0 Å². The number of hydrogen-bond acceptors (Lipinski definition) is 12. The summed E-state index contributed by atoms with van der Waals surface area (Å²) in [6, 6.07) is 19.8. The molecule has 3 aromatic carbocycles. The Labute approximate surface area is 313 Å². The number of ether oxygens (including phenoxy) is 5. The van der Waals surface area contributed by atoms with Gasteiger partial charge in [0.05, 0.1) is 50.4 Å². The van der Waals surface area contributed by atoms with Gasteiger partial charge in [-0.3, -0.25) is 14.9 Å². The van der Waals surface area contributed by atoms with Crippen LogP contribution in [0.3, 0.4) is 0 Å². The van der Waals surface area contributed by atoms with Crippen molar-refractivity contribution < 1.29 is 47.8 Å². The molecule has 1 aliphatic heterocycles. The zero-order valence-electron chi connectivity index (χ0n) is 31.1. The van der Waals surface area contributed by atoms with E-state index in [1.165, 1.54) is 38.8 Å². The van der Waals surface area contributed by atoms with E-state index in [1.54, 1.807) is 82.7 Å². The molecule has 0 spiro atoms. The Hall–Kier alpha value is -6.18. The van der Waals surface area contributed by atoms with Crippen LogP contribution >= 0.6 is 0 Å². The third-order valence-electron chi connectivity index (χ3n) is 9.20. The maximum atomic E-state index is 13.2. The number of para-hydroxylation sites is 1. The average molecular weight is 744 g/mol. The molecule has 286 valence electrons. The van der Waals surface area contributed by atoms with Crippen LogP contribution in [0.25, 0.3) is 0 Å². The van der Waals surface area contributed by atoms with E-state index in [0.29, 0.717) is 34.0 Å². The number of rotatable bonds is 11. The van der Waals surface area contributed by atoms with E-state index in [0.717, 1.165) is 25.7 Å². The summed E-state index contributed by atoms with van der Waals surface area (Å²) in [5.74, 6) is -1.31. The Morgan fingerprint density at radius 2 is 1.28 bits per heavy atom. The minimum atomic E-state index is -1.04. The molecule has 14 nitrogen and oxygen atoms in total. The highest BCUT2D eigenvalue weighted by molar-refractivity contribution is 6.01. The van der Waals surface area contributed by atoms with Crippen molar-refractivity contribution in [3.8, 4) is 11.5 Å². The van der Waals surface area contributed by atoms with Gasteiger partial charge in [0.25, 0.3) is 5.69 Å². The summed E-state index contributed by atoms with van der Waals surface area (Å²) in [4.78, 5) is 61.3. The number of esters is 2. The zero-order valence-corrected chi connectivity index (χ0v) is 31.1. The highest BCUT2D eigenvalue weighted by atomic mass is 16.6. The molecule has 1 atom stereocenters. The van der Waals surface area contributed by atoms with Crippen molar-refractivity contribution in [3.05, 3.63) is 122 Å². The molecular weight excluding hydrogens is 698 g/mol. The number of ketones is 1. The first-order chi connectivity index (χ1) is 25.9. The number of alkyl carbamates (subject to hydrolysis) is 1. The molecular formula is C40H45N3O11. The Morgan fingerprint density at radius 1 is 0.759 bits per heavy atom. The van der Waals surface area contributed by atoms with Gasteiger partial charge in [0.15, 0.2) is 6.10 Å². The van der Waals surface area contributed by atoms with E-state index in [2.05, 4.69) is 10.6 Å². The Bertz CT molecular complexity index is 1860. The normalized spacial score (nSPS) is 15.1. The van der Waals surface area contributed by atoms with Crippen molar-refractivity contribution in [2.75, 3.05) is 28.4 Å². The van der Waals surface area contributed by atoms with Crippen molar-refractivity contribution in [1.29, 1.82) is 0 Å². The molecule has 1 aliphatic carbocycles. The molecule has 14 heteroatoms. The van der Waals surface area contributed by atoms with Gasteiger partial charge in [-0.05, 0) is 63.1 Å². The average Bonchev–Trinajstić information content (AvgIpc) is 3.19. The summed E-state index contributed by atoms with van der Waals surface area (Å²) in [6.07, 6.45) is 3.65. The Kier molecular flexibility index (Phi) is 14.3. The van der Waals surface area contributed by atoms with Crippen LogP contribution in [0, 0.1) is 10.1 Å². The van der Waals surface area contributed by atoms with Crippen LogP contribution in [0.1, 0.15) is 79.5 Å². The predicted octanol–water partition coefficient (Wildman–Crippen LogP) is 6.86. The number of nitrogens with one attached hydrogen (secondary N) is 2. The van der Waals surface area contributed by atoms with E-state index in [-0.39, 0.29) is 34.2 Å². The van der Waals surface area contributed by atoms with Crippen LogP contribution in [0.4, 0.5) is 10.5 Å². The highest BCUT2D eigenvalue weighted by Gasteiger charge is 2.40. The molecule has 2 aliphatic rings. The fourth-order valence-corrected chi connectivity index (χ4v) is 6.48. The predicted molar refractivity (Wildman–Crippen MR) is 198 cm³/mol. The molecule has 2 N–H and O–H groups in total. The molecule has 1 heterocycles. The maximum absolute atomic E-state index is 13.2. The largest absolute Gasteiger partial charge is 0.497 e. The van der Waals surface area contributed by atoms with E-state index < -0.39 is 35.0 Å². The van der Waals surface area contributed by atoms with Crippen LogP contribution in [0.5, 0.6) is 11.5 Å². The minimum absolute atomic E-state index is 0.101. The van der Waals surface area contributed by atoms with E-state index in [1.807, 2.05) is 0 Å². The lowest BCUT2D eigenvalue weighted by Gasteiger charge is -2.29. The van der Waals surface area contributed by atoms with Gasteiger partial charge in [-0.2, -0.15) is 0 Å². The van der Waals surface area contributed by atoms with Crippen molar-refractivity contribution in [3.63, 3.8) is 0 Å². The number of hydrogen-bond donors (Lipinski definition) is 2. The van der Waals surface area contributed by atoms with E-state index in [4.69, 9.17) is 23.7 Å². The fourth-order valence-electron chi connectivity index (χ4n) is 6.48. The molecule has 1 saturated carbocycles. The molecule has 0 aromatic heterocycles. The molecule has 0 radical (unpaired) electrons. The summed E-state index contributed by atoms with van der Waals surface area (Å²) < 4.78 is 25.6. The number of carbonyl (C=O) groups is 4. The number of nitrogens with zero attached hydrogens (tertiary/aromatic N) is 1. The summed E-state index contributed by atoms with van der Waals surface area (Å²) in [5, 5.41) is 17.3. The summed E-state index contributed by atoms with van der Waals surface area (Å²) >= 11 is 0. The van der Waals surface area contributed by atoms with Gasteiger partial charge >= 0.3 is 18.0 Å². The molecule has 0 bridgehead atoms. The lowest BCUT2D eigenvalue weighted by Crippen LogP contribution is -2.38. The molecule has 5 rings (SSSR count). The van der Waals surface area contributed by atoms with Crippen LogP contribution < -0.4 is 20.1 Å². The third kappa shape index (κ3) is 9.82. The van der Waals surface area contributed by atoms with Crippen LogP contribution in [0.15, 0.2) is 95.3 Å². The number of allylic oxidation sites excluding steroid dienone is 2. The first kappa shape index (κ1) is 40.6. The number of methoxy groups -OCH3 is 4. The minimum Gasteiger partial charge on any atom is -0.497 e. The summed E-state index contributed by atoms with van der Waals surface area (Å²) in [7, 11) is 5.56. The van der Waals surface area contributed by atoms with Crippen LogP contribution in [-0.4, -0.2) is 63.2 Å². The number of nitro benzene ring substituents is 1. The smallest absolute Gasteiger partial charge is 0.408 e. The first-order valence-corrected chi connectivity index (χ1v) is 17.3. The lowest BCUT2D eigenvalue weighted by atomic mass is 9.79. The topological polar surface area (TPSA) is 182 Å². The summed E-state index contributed by atoms with van der Waals surface area (Å²) in [5.41, 5.74) is 2.22. The molecule has 1 unspecified atom stereocenters. The number of benzene rings is 3. The molecule has 1 fully saturated rings. The number of Topliss-reactive ketones (excluding diaryl/α,β-unsaturated/α-hetero) is 1. The lowest BCUT2D eigenvalue weighted by molar-refractivity contribution is -0.385. The Balaban J connectivity index is 0.000000244. The first-order valence-electron chi connectivity index (χ1n) is 17.3. The van der Waals surface area contributed by atoms with Gasteiger partial charge in [-0.15, -0.1) is 0 Å². The van der Waals surface area contributed by atoms with Crippen molar-refractivity contribution >= 4 is 29.5 Å². The number of carbonyl (C=O) groups excluding carboxylic acids is 4. The van der Waals surface area contributed by atoms with Gasteiger partial charge in [0, 0.05) is 40.2 Å². The van der Waals surface area contributed by atoms with Gasteiger partial charge in [0.1, 0.15) is 11.5 Å². The number of nitro groups is 1. The maximum Gasteiger partial charge on any atom is 0.408 e. The molecule has 0 saturated heterocycles. The summed E-state index contributed by atoms with van der Waals surface area (Å²) in [6.45, 7) is 3.29. The highest BCUT2D eigenvalue weighted by Crippen LogP contribution is 2.42. The second-order valence-electron chi connectivity index (χ2n) is 12.6. The molecule has 1 amide bonds. The number of dihydropyridines is 1. The second kappa shape index (κ2) is 19.1. The SMILES string of the molecule is COC(=O)C1=C(C)NC(C)=C(C(=O)OC)C1c1ccccc1[N+](=O)[O-].COc1ccc(C(=O)C(OC(=O)NC2CCCCC2)c2ccc(OC)cc2)cc1. The second-order valence-corrected chi connectivity index (χ2v) is 12.6.